The fourth-order valence-electron chi connectivity index (χ4n) is 1.13. The van der Waals surface area contributed by atoms with Gasteiger partial charge >= 0.3 is 6.36 Å². The minimum absolute atomic E-state index is 0.332. The van der Waals surface area contributed by atoms with Gasteiger partial charge in [0.15, 0.2) is 0 Å². The number of nitrogens with two attached hydrogens (primary N) is 1. The van der Waals surface area contributed by atoms with Crippen LogP contribution in [0, 0.1) is 0 Å². The Hall–Kier alpha value is -0.890. The lowest BCUT2D eigenvalue weighted by atomic mass is 10.1. The third-order valence-electron chi connectivity index (χ3n) is 1.83. The third kappa shape index (κ3) is 4.12. The summed E-state index contributed by atoms with van der Waals surface area (Å²) in [5.41, 5.74) is 4.70. The van der Waals surface area contributed by atoms with Gasteiger partial charge in [0.1, 0.15) is 5.75 Å². The molecule has 0 aromatic heterocycles. The van der Waals surface area contributed by atoms with E-state index in [9.17, 15) is 22.0 Å². The second kappa shape index (κ2) is 5.18. The Balaban J connectivity index is 3.12. The fourth-order valence-corrected chi connectivity index (χ4v) is 1.51. The summed E-state index contributed by atoms with van der Waals surface area (Å²) in [5.74, 6) is -0.728. The highest BCUT2D eigenvalue weighted by Gasteiger charge is 2.33. The van der Waals surface area contributed by atoms with Crippen molar-refractivity contribution in [3.8, 4) is 5.75 Å². The average molecular weight is 320 g/mol. The Kier molecular flexibility index (Phi) is 4.31. The van der Waals surface area contributed by atoms with Gasteiger partial charge in [0, 0.05) is 10.0 Å². The minimum Gasteiger partial charge on any atom is -0.405 e. The summed E-state index contributed by atoms with van der Waals surface area (Å²) in [6.45, 7) is 0. The van der Waals surface area contributed by atoms with Crippen molar-refractivity contribution in [1.29, 1.82) is 0 Å². The molecule has 8 heteroatoms. The van der Waals surface area contributed by atoms with Crippen LogP contribution in [-0.4, -0.2) is 12.8 Å². The SMILES string of the molecule is N[C@@H](c1cc(Br)ccc1OC(F)(F)F)C(F)F. The fraction of sp³-hybridized carbons (Fsp3) is 0.333. The summed E-state index contributed by atoms with van der Waals surface area (Å²) in [7, 11) is 0. The molecule has 0 aliphatic heterocycles. The average Bonchev–Trinajstić information content (AvgIpc) is 2.17. The zero-order valence-corrected chi connectivity index (χ0v) is 9.73. The molecule has 0 unspecified atom stereocenters. The van der Waals surface area contributed by atoms with Gasteiger partial charge in [-0.1, -0.05) is 15.9 Å². The highest BCUT2D eigenvalue weighted by atomic mass is 79.9. The number of benzene rings is 1. The Morgan fingerprint density at radius 3 is 2.29 bits per heavy atom. The van der Waals surface area contributed by atoms with E-state index in [-0.39, 0.29) is 0 Å². The van der Waals surface area contributed by atoms with Crippen molar-refractivity contribution in [2.24, 2.45) is 5.73 Å². The van der Waals surface area contributed by atoms with Gasteiger partial charge in [-0.05, 0) is 18.2 Å². The van der Waals surface area contributed by atoms with E-state index in [2.05, 4.69) is 20.7 Å². The van der Waals surface area contributed by atoms with Gasteiger partial charge in [-0.15, -0.1) is 13.2 Å². The van der Waals surface area contributed by atoms with Gasteiger partial charge in [-0.25, -0.2) is 8.78 Å². The van der Waals surface area contributed by atoms with Crippen molar-refractivity contribution in [3.63, 3.8) is 0 Å². The Morgan fingerprint density at radius 2 is 1.82 bits per heavy atom. The third-order valence-corrected chi connectivity index (χ3v) is 2.32. The second-order valence-electron chi connectivity index (χ2n) is 3.09. The number of alkyl halides is 5. The van der Waals surface area contributed by atoms with E-state index in [0.29, 0.717) is 4.47 Å². The van der Waals surface area contributed by atoms with Crippen LogP contribution in [0.4, 0.5) is 22.0 Å². The first-order valence-electron chi connectivity index (χ1n) is 4.29. The molecule has 1 atom stereocenters. The molecule has 2 N–H and O–H groups in total. The molecule has 0 heterocycles. The van der Waals surface area contributed by atoms with Crippen LogP contribution in [0.25, 0.3) is 0 Å². The molecule has 1 aromatic carbocycles. The van der Waals surface area contributed by atoms with Crippen LogP contribution in [0.15, 0.2) is 22.7 Å². The topological polar surface area (TPSA) is 35.2 Å². The van der Waals surface area contributed by atoms with E-state index in [1.54, 1.807) is 0 Å². The van der Waals surface area contributed by atoms with Crippen molar-refractivity contribution in [1.82, 2.24) is 0 Å². The molecule has 1 rings (SSSR count). The highest BCUT2D eigenvalue weighted by molar-refractivity contribution is 9.10. The summed E-state index contributed by atoms with van der Waals surface area (Å²) in [6, 6.07) is 1.39. The smallest absolute Gasteiger partial charge is 0.405 e. The number of rotatable bonds is 3. The molecule has 0 bridgehead atoms. The van der Waals surface area contributed by atoms with Gasteiger partial charge in [-0.3, -0.25) is 0 Å². The van der Waals surface area contributed by atoms with Crippen molar-refractivity contribution >= 4 is 15.9 Å². The maximum atomic E-state index is 12.4. The van der Waals surface area contributed by atoms with Gasteiger partial charge in [0.05, 0.1) is 6.04 Å². The van der Waals surface area contributed by atoms with Crippen LogP contribution in [0.5, 0.6) is 5.75 Å². The number of hydrogen-bond acceptors (Lipinski definition) is 2. The molecule has 17 heavy (non-hydrogen) atoms. The van der Waals surface area contributed by atoms with Crippen molar-refractivity contribution in [2.45, 2.75) is 18.8 Å². The summed E-state index contributed by atoms with van der Waals surface area (Å²) < 4.78 is 64.8. The first kappa shape index (κ1) is 14.2. The first-order valence-corrected chi connectivity index (χ1v) is 5.09. The van der Waals surface area contributed by atoms with Crippen LogP contribution in [0.3, 0.4) is 0 Å². The minimum atomic E-state index is -4.95. The summed E-state index contributed by atoms with van der Waals surface area (Å²) in [6.07, 6.45) is -7.94. The molecule has 0 fully saturated rings. The van der Waals surface area contributed by atoms with Gasteiger partial charge < -0.3 is 10.5 Å². The van der Waals surface area contributed by atoms with E-state index in [0.717, 1.165) is 12.1 Å². The molecule has 1 aromatic rings. The van der Waals surface area contributed by atoms with E-state index >= 15 is 0 Å². The molecule has 0 radical (unpaired) electrons. The monoisotopic (exact) mass is 319 g/mol. The normalized spacial score (nSPS) is 13.9. The van der Waals surface area contributed by atoms with Crippen LogP contribution < -0.4 is 10.5 Å². The molecular weight excluding hydrogens is 313 g/mol. The quantitative estimate of drug-likeness (QED) is 0.864. The standard InChI is InChI=1S/C9H7BrF5NO/c10-4-1-2-6(17-9(13,14)15)5(3-4)7(16)8(11)12/h1-3,7-8H,16H2/t7-/m0/s1. The Labute approximate surface area is 102 Å². The number of hydrogen-bond donors (Lipinski definition) is 1. The van der Waals surface area contributed by atoms with Gasteiger partial charge in [0.25, 0.3) is 6.43 Å². The maximum absolute atomic E-state index is 12.4. The molecule has 0 saturated heterocycles. The summed E-state index contributed by atoms with van der Waals surface area (Å²) >= 11 is 2.96. The molecule has 0 aliphatic rings. The zero-order chi connectivity index (χ0) is 13.2. The second-order valence-corrected chi connectivity index (χ2v) is 4.01. The van der Waals surface area contributed by atoms with Gasteiger partial charge in [-0.2, -0.15) is 0 Å². The molecule has 0 spiro atoms. The molecule has 0 amide bonds. The lowest BCUT2D eigenvalue weighted by Crippen LogP contribution is -2.23. The van der Waals surface area contributed by atoms with E-state index in [1.165, 1.54) is 6.07 Å². The molecule has 2 nitrogen and oxygen atoms in total. The maximum Gasteiger partial charge on any atom is 0.573 e. The van der Waals surface area contributed by atoms with Gasteiger partial charge in [0.2, 0.25) is 0 Å². The van der Waals surface area contributed by atoms with Crippen LogP contribution in [0.1, 0.15) is 11.6 Å². The van der Waals surface area contributed by atoms with Crippen molar-refractivity contribution in [3.05, 3.63) is 28.2 Å². The number of ether oxygens (including phenoxy) is 1. The molecule has 0 saturated carbocycles. The largest absolute Gasteiger partial charge is 0.573 e. The predicted molar refractivity (Wildman–Crippen MR) is 53.8 cm³/mol. The van der Waals surface area contributed by atoms with E-state index in [4.69, 9.17) is 5.73 Å². The van der Waals surface area contributed by atoms with Crippen LogP contribution in [0.2, 0.25) is 0 Å². The first-order chi connectivity index (χ1) is 7.70. The molecule has 96 valence electrons. The van der Waals surface area contributed by atoms with Crippen LogP contribution in [-0.2, 0) is 0 Å². The Morgan fingerprint density at radius 1 is 1.24 bits per heavy atom. The predicted octanol–water partition coefficient (Wildman–Crippen LogP) is 3.61. The van der Waals surface area contributed by atoms with Crippen molar-refractivity contribution in [2.75, 3.05) is 0 Å². The lowest BCUT2D eigenvalue weighted by Gasteiger charge is -2.17. The van der Waals surface area contributed by atoms with Crippen LogP contribution >= 0.6 is 15.9 Å². The summed E-state index contributed by atoms with van der Waals surface area (Å²) in [4.78, 5) is 0. The van der Waals surface area contributed by atoms with E-state index in [1.807, 2.05) is 0 Å². The zero-order valence-electron chi connectivity index (χ0n) is 8.14. The van der Waals surface area contributed by atoms with Crippen molar-refractivity contribution < 1.29 is 26.7 Å². The number of halogens is 6. The Bertz CT molecular complexity index is 395. The summed E-state index contributed by atoms with van der Waals surface area (Å²) in [5, 5.41) is 0. The highest BCUT2D eigenvalue weighted by Crippen LogP contribution is 2.33. The lowest BCUT2D eigenvalue weighted by molar-refractivity contribution is -0.275. The molecule has 0 aliphatic carbocycles. The molecular formula is C9H7BrF5NO. The van der Waals surface area contributed by atoms with E-state index < -0.39 is 30.1 Å².